The number of aromatic nitrogens is 3. The van der Waals surface area contributed by atoms with Crippen molar-refractivity contribution in [2.45, 2.75) is 18.3 Å². The quantitative estimate of drug-likeness (QED) is 0.327. The van der Waals surface area contributed by atoms with Gasteiger partial charge in [-0.1, -0.05) is 36.4 Å². The van der Waals surface area contributed by atoms with Crippen LogP contribution in [0, 0.1) is 18.7 Å². The number of nitrogens with zero attached hydrogens (tertiary/aromatic N) is 4. The third-order valence-electron chi connectivity index (χ3n) is 8.20. The highest BCUT2D eigenvalue weighted by Crippen LogP contribution is 2.69. The van der Waals surface area contributed by atoms with Crippen molar-refractivity contribution < 1.29 is 9.18 Å². The molecule has 0 spiro atoms. The summed E-state index contributed by atoms with van der Waals surface area (Å²) in [6.07, 6.45) is 3.54. The fraction of sp³-hybridized carbons (Fsp3) is 0.194. The van der Waals surface area contributed by atoms with Crippen LogP contribution in [0.5, 0.6) is 0 Å². The molecule has 3 aromatic carbocycles. The van der Waals surface area contributed by atoms with Crippen LogP contribution in [0.4, 0.5) is 4.39 Å². The average Bonchev–Trinajstić information content (AvgIpc) is 3.19. The van der Waals surface area contributed by atoms with Gasteiger partial charge in [-0.15, -0.1) is 0 Å². The smallest absolute Gasteiger partial charge is 0.272 e. The topological polar surface area (TPSA) is 51.0 Å². The molecule has 0 bridgehead atoms. The second-order valence-electron chi connectivity index (χ2n) is 10.2. The van der Waals surface area contributed by atoms with E-state index < -0.39 is 0 Å². The predicted octanol–water partition coefficient (Wildman–Crippen LogP) is 5.68. The van der Waals surface area contributed by atoms with Gasteiger partial charge in [-0.2, -0.15) is 5.10 Å². The van der Waals surface area contributed by atoms with Gasteiger partial charge in [0.1, 0.15) is 11.5 Å². The number of halogens is 1. The number of piperidine rings is 1. The monoisotopic (exact) mass is 488 g/mol. The van der Waals surface area contributed by atoms with E-state index in [9.17, 15) is 9.18 Å². The number of hydrogen-bond acceptors (Lipinski definition) is 3. The zero-order valence-electron chi connectivity index (χ0n) is 20.4. The van der Waals surface area contributed by atoms with E-state index >= 15 is 0 Å². The summed E-state index contributed by atoms with van der Waals surface area (Å²) < 4.78 is 15.3. The molecule has 1 aliphatic heterocycles. The highest BCUT2D eigenvalue weighted by molar-refractivity contribution is 5.93. The molecule has 1 saturated carbocycles. The molecule has 1 saturated heterocycles. The molecule has 3 unspecified atom stereocenters. The minimum atomic E-state index is -0.268. The van der Waals surface area contributed by atoms with Crippen molar-refractivity contribution in [2.24, 2.45) is 5.92 Å². The molecule has 5 nitrogen and oxygen atoms in total. The lowest BCUT2D eigenvalue weighted by Crippen LogP contribution is -2.35. The Morgan fingerprint density at radius 1 is 1.00 bits per heavy atom. The highest BCUT2D eigenvalue weighted by Gasteiger charge is 2.71. The highest BCUT2D eigenvalue weighted by atomic mass is 19.1. The SMILES string of the molecule is Cc1cc2c(cnn2-c2ccc(F)cc2)cc1C12CN(C(=O)c3ccccn3)CC1C2c1ccccc1. The molecule has 1 aliphatic carbocycles. The molecule has 2 fully saturated rings. The van der Waals surface area contributed by atoms with Gasteiger partial charge in [-0.05, 0) is 78.1 Å². The lowest BCUT2D eigenvalue weighted by molar-refractivity contribution is 0.0763. The van der Waals surface area contributed by atoms with E-state index in [4.69, 9.17) is 0 Å². The molecular formula is C31H25FN4O. The third-order valence-corrected chi connectivity index (χ3v) is 8.20. The minimum Gasteiger partial charge on any atom is -0.336 e. The molecule has 1 amide bonds. The predicted molar refractivity (Wildman–Crippen MR) is 140 cm³/mol. The van der Waals surface area contributed by atoms with Crippen molar-refractivity contribution in [3.8, 4) is 5.69 Å². The number of benzene rings is 3. The molecule has 182 valence electrons. The molecule has 0 N–H and O–H groups in total. The second kappa shape index (κ2) is 8.10. The Kier molecular flexibility index (Phi) is 4.80. The number of carbonyl (C=O) groups is 1. The number of aryl methyl sites for hydroxylation is 1. The van der Waals surface area contributed by atoms with Crippen molar-refractivity contribution in [3.63, 3.8) is 0 Å². The minimum absolute atomic E-state index is 0.0122. The van der Waals surface area contributed by atoms with Gasteiger partial charge < -0.3 is 4.90 Å². The number of fused-ring (bicyclic) bond motifs is 2. The van der Waals surface area contributed by atoms with Gasteiger partial charge in [0.2, 0.25) is 0 Å². The molecule has 2 aromatic heterocycles. The van der Waals surface area contributed by atoms with Crippen LogP contribution in [-0.2, 0) is 5.41 Å². The van der Waals surface area contributed by atoms with Crippen molar-refractivity contribution in [1.82, 2.24) is 19.7 Å². The Balaban J connectivity index is 1.31. The first-order valence-electron chi connectivity index (χ1n) is 12.6. The van der Waals surface area contributed by atoms with Gasteiger partial charge in [-0.25, -0.2) is 9.07 Å². The van der Waals surface area contributed by atoms with Crippen LogP contribution in [0.2, 0.25) is 0 Å². The number of pyridine rings is 1. The zero-order valence-corrected chi connectivity index (χ0v) is 20.4. The van der Waals surface area contributed by atoms with Crippen molar-refractivity contribution in [3.05, 3.63) is 126 Å². The number of amides is 1. The maximum absolute atomic E-state index is 13.5. The Labute approximate surface area is 214 Å². The lowest BCUT2D eigenvalue weighted by Gasteiger charge is -2.25. The first-order valence-corrected chi connectivity index (χ1v) is 12.6. The molecule has 2 aliphatic rings. The molecule has 5 aromatic rings. The summed E-state index contributed by atoms with van der Waals surface area (Å²) in [5.74, 6) is 0.410. The van der Waals surface area contributed by atoms with Crippen molar-refractivity contribution in [1.29, 1.82) is 0 Å². The average molecular weight is 489 g/mol. The fourth-order valence-corrected chi connectivity index (χ4v) is 6.54. The fourth-order valence-electron chi connectivity index (χ4n) is 6.54. The maximum Gasteiger partial charge on any atom is 0.272 e. The molecule has 3 atom stereocenters. The van der Waals surface area contributed by atoms with Crippen LogP contribution in [0.3, 0.4) is 0 Å². The van der Waals surface area contributed by atoms with Gasteiger partial charge in [0.15, 0.2) is 0 Å². The number of likely N-dealkylation sites (tertiary alicyclic amines) is 1. The number of rotatable bonds is 4. The summed E-state index contributed by atoms with van der Waals surface area (Å²) in [7, 11) is 0. The van der Waals surface area contributed by atoms with Crippen LogP contribution in [0.1, 0.15) is 33.1 Å². The maximum atomic E-state index is 13.5. The van der Waals surface area contributed by atoms with E-state index in [-0.39, 0.29) is 17.1 Å². The Hall–Kier alpha value is -4.32. The Morgan fingerprint density at radius 3 is 2.54 bits per heavy atom. The van der Waals surface area contributed by atoms with Crippen LogP contribution in [0.15, 0.2) is 97.3 Å². The summed E-state index contributed by atoms with van der Waals surface area (Å²) in [6, 6.07) is 26.9. The van der Waals surface area contributed by atoms with Crippen LogP contribution < -0.4 is 0 Å². The zero-order chi connectivity index (χ0) is 25.1. The van der Waals surface area contributed by atoms with E-state index in [1.165, 1.54) is 28.8 Å². The van der Waals surface area contributed by atoms with E-state index in [0.29, 0.717) is 30.6 Å². The van der Waals surface area contributed by atoms with Crippen LogP contribution >= 0.6 is 0 Å². The van der Waals surface area contributed by atoms with Crippen LogP contribution in [0.25, 0.3) is 16.6 Å². The van der Waals surface area contributed by atoms with Gasteiger partial charge in [0.25, 0.3) is 5.91 Å². The standard InChI is InChI=1S/C31H25FN4O/c1-20-15-28-22(17-34-36(28)24-12-10-23(32)11-13-24)16-25(20)31-19-35(30(37)27-9-5-6-14-33-27)18-26(31)29(31)21-7-3-2-4-8-21/h2-17,26,29H,18-19H2,1H3. The summed E-state index contributed by atoms with van der Waals surface area (Å²) in [5, 5.41) is 5.66. The largest absolute Gasteiger partial charge is 0.336 e. The van der Waals surface area contributed by atoms with E-state index in [0.717, 1.165) is 16.6 Å². The van der Waals surface area contributed by atoms with E-state index in [1.807, 2.05) is 34.0 Å². The van der Waals surface area contributed by atoms with Gasteiger partial charge >= 0.3 is 0 Å². The first-order chi connectivity index (χ1) is 18.1. The van der Waals surface area contributed by atoms with E-state index in [1.54, 1.807) is 24.4 Å². The first kappa shape index (κ1) is 21.9. The lowest BCUT2D eigenvalue weighted by atomic mass is 9.86. The van der Waals surface area contributed by atoms with Crippen molar-refractivity contribution >= 4 is 16.8 Å². The summed E-state index contributed by atoms with van der Waals surface area (Å²) in [6.45, 7) is 3.51. The second-order valence-corrected chi connectivity index (χ2v) is 10.2. The molecule has 37 heavy (non-hydrogen) atoms. The number of hydrogen-bond donors (Lipinski definition) is 0. The molecular weight excluding hydrogens is 463 g/mol. The molecule has 0 radical (unpaired) electrons. The van der Waals surface area contributed by atoms with Crippen LogP contribution in [-0.4, -0.2) is 38.7 Å². The summed E-state index contributed by atoms with van der Waals surface area (Å²) in [4.78, 5) is 19.6. The number of carbonyl (C=O) groups excluding carboxylic acids is 1. The Morgan fingerprint density at radius 2 is 1.78 bits per heavy atom. The van der Waals surface area contributed by atoms with Gasteiger partial charge in [0, 0.05) is 36.0 Å². The third kappa shape index (κ3) is 3.32. The van der Waals surface area contributed by atoms with Crippen molar-refractivity contribution in [2.75, 3.05) is 13.1 Å². The molecule has 6 heteroatoms. The van der Waals surface area contributed by atoms with Gasteiger partial charge in [-0.3, -0.25) is 9.78 Å². The van der Waals surface area contributed by atoms with E-state index in [2.05, 4.69) is 53.4 Å². The molecule has 3 heterocycles. The summed E-state index contributed by atoms with van der Waals surface area (Å²) >= 11 is 0. The van der Waals surface area contributed by atoms with Gasteiger partial charge in [0.05, 0.1) is 17.4 Å². The normalized spacial score (nSPS) is 22.3. The summed E-state index contributed by atoms with van der Waals surface area (Å²) in [5.41, 5.74) is 5.91. The molecule has 7 rings (SSSR count). The Bertz CT molecular complexity index is 1630.